The molecule has 1 aromatic heterocycles. The fourth-order valence-electron chi connectivity index (χ4n) is 2.45. The first-order valence-corrected chi connectivity index (χ1v) is 9.38. The van der Waals surface area contributed by atoms with Gasteiger partial charge in [0.1, 0.15) is 0 Å². The molecular weight excluding hydrogens is 352 g/mol. The first-order chi connectivity index (χ1) is 10.0. The van der Waals surface area contributed by atoms with Crippen LogP contribution in [0.3, 0.4) is 0 Å². The number of aromatic nitrogens is 2. The Morgan fingerprint density at radius 1 is 1.48 bits per heavy atom. The van der Waals surface area contributed by atoms with Gasteiger partial charge in [-0.15, -0.1) is 0 Å². The number of hydrogen-bond donors (Lipinski definition) is 0. The number of hydrogen-bond acceptors (Lipinski definition) is 4. The van der Waals surface area contributed by atoms with E-state index >= 15 is 0 Å². The van der Waals surface area contributed by atoms with Crippen LogP contribution in [0.1, 0.15) is 44.5 Å². The number of rotatable bonds is 8. The molecule has 0 atom stereocenters. The number of nitrogens with zero attached hydrogens (tertiary/aromatic N) is 2. The molecule has 1 aliphatic carbocycles. The van der Waals surface area contributed by atoms with Gasteiger partial charge in [-0.1, -0.05) is 6.92 Å². The minimum absolute atomic E-state index is 0.0823. The number of methoxy groups -OCH3 is 1. The summed E-state index contributed by atoms with van der Waals surface area (Å²) >= 11 is 5.58. The molecule has 1 aromatic rings. The molecule has 0 spiro atoms. The maximum atomic E-state index is 11.4. The summed E-state index contributed by atoms with van der Waals surface area (Å²) in [6, 6.07) is 0. The molecule has 0 aromatic carbocycles. The van der Waals surface area contributed by atoms with Crippen molar-refractivity contribution in [1.82, 2.24) is 9.78 Å². The van der Waals surface area contributed by atoms with Crippen molar-refractivity contribution >= 4 is 33.7 Å². The highest BCUT2D eigenvalue weighted by Crippen LogP contribution is 2.51. The zero-order valence-electron chi connectivity index (χ0n) is 12.9. The van der Waals surface area contributed by atoms with E-state index in [1.54, 1.807) is 0 Å². The number of carbonyl (C=O) groups excluding carboxylic acids is 1. The lowest BCUT2D eigenvalue weighted by Gasteiger charge is -2.13. The van der Waals surface area contributed by atoms with Gasteiger partial charge in [-0.05, 0) is 53.3 Å². The Labute approximate surface area is 139 Å². The molecule has 0 N–H and O–H groups in total. The topological polar surface area (TPSA) is 44.1 Å². The van der Waals surface area contributed by atoms with Crippen molar-refractivity contribution in [2.75, 3.05) is 12.9 Å². The minimum Gasteiger partial charge on any atom is -0.469 e. The maximum absolute atomic E-state index is 11.4. The third-order valence-corrected chi connectivity index (χ3v) is 6.25. The minimum atomic E-state index is -0.0823. The predicted octanol–water partition coefficient (Wildman–Crippen LogP) is 3.80. The Kier molecular flexibility index (Phi) is 5.77. The molecule has 1 aliphatic rings. The lowest BCUT2D eigenvalue weighted by atomic mass is 10.1. The van der Waals surface area contributed by atoms with Crippen molar-refractivity contribution < 1.29 is 9.53 Å². The molecule has 2 rings (SSSR count). The second-order valence-corrected chi connectivity index (χ2v) is 7.40. The van der Waals surface area contributed by atoms with Gasteiger partial charge >= 0.3 is 5.97 Å². The molecule has 6 heteroatoms. The van der Waals surface area contributed by atoms with Crippen molar-refractivity contribution in [2.24, 2.45) is 5.41 Å². The van der Waals surface area contributed by atoms with Gasteiger partial charge in [0.25, 0.3) is 0 Å². The van der Waals surface area contributed by atoms with Gasteiger partial charge in [-0.25, -0.2) is 0 Å². The number of thioether (sulfide) groups is 1. The summed E-state index contributed by atoms with van der Waals surface area (Å²) in [5.41, 5.74) is 2.57. The Hall–Kier alpha value is -0.490. The molecule has 1 saturated carbocycles. The van der Waals surface area contributed by atoms with Crippen molar-refractivity contribution in [3.63, 3.8) is 0 Å². The normalized spacial score (nSPS) is 16.0. The summed E-state index contributed by atoms with van der Waals surface area (Å²) < 4.78 is 8.02. The van der Waals surface area contributed by atoms with Crippen LogP contribution in [0, 0.1) is 5.41 Å². The first-order valence-electron chi connectivity index (χ1n) is 7.44. The summed E-state index contributed by atoms with van der Waals surface area (Å²) in [6.45, 7) is 5.13. The Balaban J connectivity index is 1.92. The SMILES string of the molecule is CCc1nn(CC)c(CSCC2(CC(=O)OC)CC2)c1Br. The highest BCUT2D eigenvalue weighted by atomic mass is 79.9. The third-order valence-electron chi connectivity index (χ3n) is 4.05. The molecule has 0 amide bonds. The molecular formula is C15H23BrN2O2S. The average molecular weight is 375 g/mol. The van der Waals surface area contributed by atoms with E-state index in [4.69, 9.17) is 4.74 Å². The fourth-order valence-corrected chi connectivity index (χ4v) is 4.75. The van der Waals surface area contributed by atoms with Crippen LogP contribution in [0.2, 0.25) is 0 Å². The van der Waals surface area contributed by atoms with Gasteiger partial charge in [0.15, 0.2) is 0 Å². The molecule has 0 saturated heterocycles. The molecule has 0 unspecified atom stereocenters. The van der Waals surface area contributed by atoms with Crippen molar-refractivity contribution in [3.8, 4) is 0 Å². The number of esters is 1. The predicted molar refractivity (Wildman–Crippen MR) is 89.4 cm³/mol. The van der Waals surface area contributed by atoms with Gasteiger partial charge in [0, 0.05) is 12.3 Å². The molecule has 21 heavy (non-hydrogen) atoms. The highest BCUT2D eigenvalue weighted by Gasteiger charge is 2.44. The van der Waals surface area contributed by atoms with Gasteiger partial charge < -0.3 is 4.74 Å². The molecule has 118 valence electrons. The molecule has 4 nitrogen and oxygen atoms in total. The molecule has 0 bridgehead atoms. The third kappa shape index (κ3) is 4.03. The lowest BCUT2D eigenvalue weighted by molar-refractivity contribution is -0.141. The quantitative estimate of drug-likeness (QED) is 0.649. The molecule has 1 heterocycles. The van der Waals surface area contributed by atoms with Crippen LogP contribution in [0.15, 0.2) is 4.47 Å². The van der Waals surface area contributed by atoms with Gasteiger partial charge in [-0.3, -0.25) is 9.48 Å². The summed E-state index contributed by atoms with van der Waals surface area (Å²) in [4.78, 5) is 11.4. The zero-order chi connectivity index (χ0) is 15.5. The van der Waals surface area contributed by atoms with Crippen molar-refractivity contribution in [1.29, 1.82) is 0 Å². The Bertz CT molecular complexity index is 512. The average Bonchev–Trinajstić information content (AvgIpc) is 3.17. The van der Waals surface area contributed by atoms with Gasteiger partial charge in [-0.2, -0.15) is 16.9 Å². The number of aryl methyl sites for hydroxylation is 2. The second kappa shape index (κ2) is 7.18. The highest BCUT2D eigenvalue weighted by molar-refractivity contribution is 9.10. The van der Waals surface area contributed by atoms with Gasteiger partial charge in [0.2, 0.25) is 0 Å². The first kappa shape index (κ1) is 16.9. The van der Waals surface area contributed by atoms with E-state index in [1.165, 1.54) is 12.8 Å². The smallest absolute Gasteiger partial charge is 0.306 e. The maximum Gasteiger partial charge on any atom is 0.306 e. The summed E-state index contributed by atoms with van der Waals surface area (Å²) in [5.74, 6) is 1.87. The van der Waals surface area contributed by atoms with E-state index < -0.39 is 0 Å². The van der Waals surface area contributed by atoms with E-state index in [1.807, 2.05) is 11.8 Å². The van der Waals surface area contributed by atoms with Crippen LogP contribution >= 0.6 is 27.7 Å². The fraction of sp³-hybridized carbons (Fsp3) is 0.733. The standard InChI is InChI=1S/C15H23BrN2O2S/c1-4-11-14(16)12(18(5-2)17-11)9-21-10-15(6-7-15)8-13(19)20-3/h4-10H2,1-3H3. The van der Waals surface area contributed by atoms with Crippen molar-refractivity contribution in [2.45, 2.75) is 51.8 Å². The molecule has 0 aliphatic heterocycles. The number of ether oxygens (including phenoxy) is 1. The van der Waals surface area contributed by atoms with Crippen molar-refractivity contribution in [3.05, 3.63) is 15.9 Å². The van der Waals surface area contributed by atoms with Crippen LogP contribution in [-0.4, -0.2) is 28.6 Å². The largest absolute Gasteiger partial charge is 0.469 e. The van der Waals surface area contributed by atoms with Crippen LogP contribution in [0.4, 0.5) is 0 Å². The lowest BCUT2D eigenvalue weighted by Crippen LogP contribution is -2.13. The summed E-state index contributed by atoms with van der Waals surface area (Å²) in [5, 5.41) is 4.62. The molecule has 1 fully saturated rings. The van der Waals surface area contributed by atoms with E-state index in [2.05, 4.69) is 39.6 Å². The van der Waals surface area contributed by atoms with Crippen LogP contribution in [0.25, 0.3) is 0 Å². The summed E-state index contributed by atoms with van der Waals surface area (Å²) in [6.07, 6.45) is 3.79. The summed E-state index contributed by atoms with van der Waals surface area (Å²) in [7, 11) is 1.47. The van der Waals surface area contributed by atoms with Crippen LogP contribution in [-0.2, 0) is 28.2 Å². The van der Waals surface area contributed by atoms with E-state index in [-0.39, 0.29) is 11.4 Å². The second-order valence-electron chi connectivity index (χ2n) is 5.62. The van der Waals surface area contributed by atoms with E-state index in [9.17, 15) is 4.79 Å². The number of halogens is 1. The van der Waals surface area contributed by atoms with Crippen LogP contribution in [0.5, 0.6) is 0 Å². The van der Waals surface area contributed by atoms with E-state index in [0.717, 1.165) is 47.5 Å². The Morgan fingerprint density at radius 2 is 2.19 bits per heavy atom. The van der Waals surface area contributed by atoms with Crippen LogP contribution < -0.4 is 0 Å². The van der Waals surface area contributed by atoms with E-state index in [0.29, 0.717) is 6.42 Å². The molecule has 0 radical (unpaired) electrons. The zero-order valence-corrected chi connectivity index (χ0v) is 15.3. The number of carbonyl (C=O) groups is 1. The Morgan fingerprint density at radius 3 is 2.71 bits per heavy atom. The van der Waals surface area contributed by atoms with Gasteiger partial charge in [0.05, 0.1) is 29.4 Å². The monoisotopic (exact) mass is 374 g/mol.